The van der Waals surface area contributed by atoms with Gasteiger partial charge in [0.25, 0.3) is 0 Å². The number of nitrogens with one attached hydrogen (secondary N) is 10. The number of likely N-dealkylation sites (tertiary alicyclic amines) is 1. The van der Waals surface area contributed by atoms with E-state index in [1.165, 1.54) is 52.7 Å². The Hall–Kier alpha value is -8.93. The van der Waals surface area contributed by atoms with Crippen LogP contribution in [0.15, 0.2) is 54.6 Å². The monoisotopic (exact) mass is 1370 g/mol. The van der Waals surface area contributed by atoms with Crippen LogP contribution in [0.5, 0.6) is 5.75 Å². The molecule has 1 fully saturated rings. The summed E-state index contributed by atoms with van der Waals surface area (Å²) in [6, 6.07) is 3.31. The topological polar surface area (TPSA) is 550 Å². The molecule has 2 aromatic rings. The number of hydrogen-bond acceptors (Lipinski definition) is 21. The Morgan fingerprint density at radius 1 is 0.579 bits per heavy atom. The van der Waals surface area contributed by atoms with Crippen LogP contribution in [0.4, 0.5) is 0 Å². The first kappa shape index (κ1) is 80.3. The number of unbranched alkanes of at least 4 members (excludes halogenated alkanes) is 2. The fraction of sp³-hybridized carbons (Fsp3) is 0.550. The van der Waals surface area contributed by atoms with Crippen molar-refractivity contribution in [2.24, 2.45) is 28.7 Å². The fourth-order valence-corrected chi connectivity index (χ4v) is 12.4. The standard InChI is InChI=1S/C60H90N16O17S2/c1-66-45(60(93)76-23-9-14-46(76)59(92)73-40(13-7-8-22-61)54(87)69-28-49(65)81)33-94-32-39(12-5-6-15-53(85)86)95-34-44(71-52(84)30-68-51(83)29-67-50(82)27-62)58(91)75-43(25-36-16-18-38(78)19-17-36)57(90)74-42(24-35-10-3-2-4-11-35)56(89)72-41(20-21-47(63)79)55(88)70-37(31-77)26-48(64)80/h2-4,10-11,16-19,31,37,39-46,66,78H,5-9,12-15,20-30,32-34,61-62H2,1H3,(H2,63,79)(H2,64,80)(H2,65,81)(H,67,82)(H,68,83)(H,69,87)(H,70,88)(H,71,84)(H,72,89)(H,73,92)(H,74,90)(H,75,91)(H,85,86). The lowest BCUT2D eigenvalue weighted by Gasteiger charge is -2.29. The molecule has 33 nitrogen and oxygen atoms in total. The van der Waals surface area contributed by atoms with Crippen molar-refractivity contribution >= 4 is 113 Å². The molecule has 1 saturated heterocycles. The number of phenolic OH excluding ortho intramolecular Hbond substituents is 1. The first-order chi connectivity index (χ1) is 45.3. The first-order valence-corrected chi connectivity index (χ1v) is 33.0. The van der Waals surface area contributed by atoms with E-state index < -0.39 is 182 Å². The van der Waals surface area contributed by atoms with Crippen LogP contribution in [0.2, 0.25) is 0 Å². The quantitative estimate of drug-likeness (QED) is 0.0217. The van der Waals surface area contributed by atoms with E-state index in [1.807, 2.05) is 0 Å². The number of carboxylic acid groups (broad SMARTS) is 1. The average Bonchev–Trinajstić information content (AvgIpc) is 1.79. The first-order valence-electron chi connectivity index (χ1n) is 30.8. The van der Waals surface area contributed by atoms with Gasteiger partial charge in [-0.15, -0.1) is 0 Å². The predicted molar refractivity (Wildman–Crippen MR) is 349 cm³/mol. The number of aldehydes is 1. The van der Waals surface area contributed by atoms with Gasteiger partial charge < -0.3 is 102 Å². The highest BCUT2D eigenvalue weighted by molar-refractivity contribution is 8.03. The second-order valence-corrected chi connectivity index (χ2v) is 24.6. The normalized spacial score (nSPS) is 15.1. The molecule has 2 aromatic carbocycles. The number of carbonyl (C=O) groups is 15. The molecule has 22 N–H and O–H groups in total. The van der Waals surface area contributed by atoms with Crippen LogP contribution in [-0.4, -0.2) is 221 Å². The minimum atomic E-state index is -1.60. The summed E-state index contributed by atoms with van der Waals surface area (Å²) in [5, 5.41) is 44.7. The molecule has 0 aliphatic carbocycles. The van der Waals surface area contributed by atoms with Crippen LogP contribution < -0.4 is 81.8 Å². The maximum absolute atomic E-state index is 14.9. The van der Waals surface area contributed by atoms with Crippen molar-refractivity contribution < 1.29 is 82.1 Å². The van der Waals surface area contributed by atoms with E-state index in [-0.39, 0.29) is 67.9 Å². The molecule has 1 aliphatic rings. The van der Waals surface area contributed by atoms with E-state index in [1.54, 1.807) is 37.4 Å². The molecular weight excluding hydrogens is 1280 g/mol. The molecule has 13 amide bonds. The number of nitrogens with two attached hydrogens (primary N) is 5. The van der Waals surface area contributed by atoms with Crippen LogP contribution >= 0.6 is 23.5 Å². The summed E-state index contributed by atoms with van der Waals surface area (Å²) < 4.78 is 0. The summed E-state index contributed by atoms with van der Waals surface area (Å²) in [5.74, 6) is -11.5. The van der Waals surface area contributed by atoms with Gasteiger partial charge in [-0.1, -0.05) is 48.9 Å². The number of rotatable bonds is 47. The number of carboxylic acids is 1. The van der Waals surface area contributed by atoms with Crippen LogP contribution in [-0.2, 0) is 84.8 Å². The van der Waals surface area contributed by atoms with E-state index in [9.17, 15) is 82.1 Å². The molecule has 3 rings (SSSR count). The smallest absolute Gasteiger partial charge is 0.303 e. The van der Waals surface area contributed by atoms with Crippen molar-refractivity contribution in [3.63, 3.8) is 0 Å². The highest BCUT2D eigenvalue weighted by atomic mass is 32.2. The van der Waals surface area contributed by atoms with E-state index in [0.717, 1.165) is 0 Å². The number of hydrogen-bond donors (Lipinski definition) is 17. The van der Waals surface area contributed by atoms with Gasteiger partial charge in [-0.3, -0.25) is 67.1 Å². The number of nitrogens with zero attached hydrogens (tertiary/aromatic N) is 1. The van der Waals surface area contributed by atoms with E-state index in [2.05, 4.69) is 53.2 Å². The number of benzene rings is 2. The minimum Gasteiger partial charge on any atom is -0.508 e. The van der Waals surface area contributed by atoms with Gasteiger partial charge in [0.15, 0.2) is 0 Å². The molecule has 0 radical (unpaired) electrons. The molecule has 9 atom stereocenters. The Morgan fingerprint density at radius 3 is 1.76 bits per heavy atom. The SMILES string of the molecule is CNC(CSCC(CCCCC(=O)O)SCC(NC(=O)CNC(=O)CNC(=O)CN)C(=O)NC(Cc1ccc(O)cc1)C(=O)NC(Cc1ccccc1)C(=O)NC(CCC(N)=O)C(=O)NC(C=O)CC(N)=O)C(=O)N1CCCC1C(=O)NC(CCCCN)C(=O)NCC(N)=O. The zero-order chi connectivity index (χ0) is 70.4. The molecule has 1 heterocycles. The van der Waals surface area contributed by atoms with Crippen molar-refractivity contribution in [1.82, 2.24) is 58.1 Å². The van der Waals surface area contributed by atoms with Gasteiger partial charge in [0.1, 0.15) is 48.3 Å². The molecule has 0 spiro atoms. The number of carbonyl (C=O) groups excluding carboxylic acids is 14. The number of aromatic hydroxyl groups is 1. The molecular formula is C60H90N16O17S2. The summed E-state index contributed by atoms with van der Waals surface area (Å²) in [5.41, 5.74) is 27.7. The molecule has 0 saturated carbocycles. The second-order valence-electron chi connectivity index (χ2n) is 22.2. The predicted octanol–water partition coefficient (Wildman–Crippen LogP) is -5.59. The summed E-state index contributed by atoms with van der Waals surface area (Å²) in [6.45, 7) is -1.57. The Balaban J connectivity index is 2.01. The minimum absolute atomic E-state index is 0.145. The molecule has 35 heteroatoms. The third-order valence-corrected chi connectivity index (χ3v) is 17.5. The van der Waals surface area contributed by atoms with Gasteiger partial charge in [0.2, 0.25) is 76.8 Å². The van der Waals surface area contributed by atoms with Crippen LogP contribution in [0.3, 0.4) is 0 Å². The lowest BCUT2D eigenvalue weighted by atomic mass is 10.0. The number of aliphatic carboxylic acids is 1. The Morgan fingerprint density at radius 2 is 1.17 bits per heavy atom. The molecule has 524 valence electrons. The van der Waals surface area contributed by atoms with Crippen molar-refractivity contribution in [3.05, 3.63) is 65.7 Å². The molecule has 0 aromatic heterocycles. The Labute approximate surface area is 557 Å². The second kappa shape index (κ2) is 43.9. The van der Waals surface area contributed by atoms with Gasteiger partial charge in [-0.25, -0.2) is 0 Å². The maximum Gasteiger partial charge on any atom is 0.303 e. The largest absolute Gasteiger partial charge is 0.508 e. The Bertz CT molecular complexity index is 2940. The number of phenols is 1. The van der Waals surface area contributed by atoms with Crippen LogP contribution in [0.25, 0.3) is 0 Å². The van der Waals surface area contributed by atoms with E-state index >= 15 is 0 Å². The third-order valence-electron chi connectivity index (χ3n) is 14.6. The lowest BCUT2D eigenvalue weighted by molar-refractivity contribution is -0.140. The fourth-order valence-electron chi connectivity index (χ4n) is 9.58. The third kappa shape index (κ3) is 31.7. The summed E-state index contributed by atoms with van der Waals surface area (Å²) in [6.07, 6.45) is 1.11. The summed E-state index contributed by atoms with van der Waals surface area (Å²) in [7, 11) is 1.56. The van der Waals surface area contributed by atoms with Gasteiger partial charge in [0.05, 0.1) is 44.7 Å². The highest BCUT2D eigenvalue weighted by Crippen LogP contribution is 2.26. The van der Waals surface area contributed by atoms with Crippen molar-refractivity contribution in [2.75, 3.05) is 63.6 Å². The number of amides is 13. The number of primary amides is 3. The lowest BCUT2D eigenvalue weighted by Crippen LogP contribution is -2.60. The molecule has 0 bridgehead atoms. The van der Waals surface area contributed by atoms with Crippen molar-refractivity contribution in [1.29, 1.82) is 0 Å². The maximum atomic E-state index is 14.9. The van der Waals surface area contributed by atoms with E-state index in [0.29, 0.717) is 56.2 Å². The summed E-state index contributed by atoms with van der Waals surface area (Å²) >= 11 is 2.51. The van der Waals surface area contributed by atoms with Crippen LogP contribution in [0.1, 0.15) is 88.2 Å². The zero-order valence-corrected chi connectivity index (χ0v) is 54.5. The Kier molecular flexibility index (Phi) is 37.1. The molecule has 9 unspecified atom stereocenters. The average molecular weight is 1370 g/mol. The van der Waals surface area contributed by atoms with E-state index in [4.69, 9.17) is 28.7 Å². The van der Waals surface area contributed by atoms with Gasteiger partial charge in [-0.05, 0) is 88.2 Å². The van der Waals surface area contributed by atoms with Crippen LogP contribution in [0, 0.1) is 0 Å². The number of thioether (sulfide) groups is 2. The molecule has 95 heavy (non-hydrogen) atoms. The van der Waals surface area contributed by atoms with Crippen molar-refractivity contribution in [2.45, 2.75) is 143 Å². The molecule has 1 aliphatic heterocycles. The zero-order valence-electron chi connectivity index (χ0n) is 52.9. The van der Waals surface area contributed by atoms with Crippen molar-refractivity contribution in [3.8, 4) is 5.75 Å². The summed E-state index contributed by atoms with van der Waals surface area (Å²) in [4.78, 5) is 197. The van der Waals surface area contributed by atoms with Gasteiger partial charge in [0, 0.05) is 54.7 Å². The number of likely N-dealkylation sites (N-methyl/N-ethyl adjacent to an activating group) is 1. The van der Waals surface area contributed by atoms with Gasteiger partial charge in [-0.2, -0.15) is 23.5 Å². The van der Waals surface area contributed by atoms with Gasteiger partial charge >= 0.3 is 5.97 Å². The highest BCUT2D eigenvalue weighted by Gasteiger charge is 2.39.